The highest BCUT2D eigenvalue weighted by molar-refractivity contribution is 4.89. The molecule has 1 N–H and O–H groups in total. The fraction of sp³-hybridized carbons (Fsp3) is 1.00. The van der Waals surface area contributed by atoms with Crippen molar-refractivity contribution in [3.8, 4) is 0 Å². The van der Waals surface area contributed by atoms with E-state index in [0.29, 0.717) is 6.61 Å². The number of aliphatic hydroxyl groups is 1. The van der Waals surface area contributed by atoms with E-state index in [1.165, 1.54) is 39.0 Å². The SMILES string of the molecule is CCC(C)(CO)CN1CCN2CCCC2C1. The highest BCUT2D eigenvalue weighted by Crippen LogP contribution is 2.26. The molecule has 3 nitrogen and oxygen atoms in total. The second kappa shape index (κ2) is 5.03. The van der Waals surface area contributed by atoms with Gasteiger partial charge < -0.3 is 5.11 Å². The zero-order valence-electron chi connectivity index (χ0n) is 10.8. The van der Waals surface area contributed by atoms with Crippen LogP contribution in [-0.4, -0.2) is 60.3 Å². The summed E-state index contributed by atoms with van der Waals surface area (Å²) in [6.45, 7) is 10.7. The van der Waals surface area contributed by atoms with Crippen LogP contribution in [0.1, 0.15) is 33.1 Å². The molecular formula is C13H26N2O. The van der Waals surface area contributed by atoms with Gasteiger partial charge in [0.1, 0.15) is 0 Å². The molecule has 0 aliphatic carbocycles. The third kappa shape index (κ3) is 2.58. The topological polar surface area (TPSA) is 26.7 Å². The number of aliphatic hydroxyl groups excluding tert-OH is 1. The average molecular weight is 226 g/mol. The Kier molecular flexibility index (Phi) is 3.88. The van der Waals surface area contributed by atoms with Gasteiger partial charge in [-0.25, -0.2) is 0 Å². The van der Waals surface area contributed by atoms with E-state index in [4.69, 9.17) is 0 Å². The minimum atomic E-state index is 0.0980. The van der Waals surface area contributed by atoms with Gasteiger partial charge >= 0.3 is 0 Å². The second-order valence-corrected chi connectivity index (χ2v) is 5.89. The lowest BCUT2D eigenvalue weighted by Gasteiger charge is -2.41. The van der Waals surface area contributed by atoms with Crippen LogP contribution in [0, 0.1) is 5.41 Å². The molecule has 2 fully saturated rings. The highest BCUT2D eigenvalue weighted by Gasteiger charge is 2.33. The molecule has 0 aromatic heterocycles. The first-order valence-electron chi connectivity index (χ1n) is 6.74. The minimum Gasteiger partial charge on any atom is -0.396 e. The third-order valence-corrected chi connectivity index (χ3v) is 4.51. The lowest BCUT2D eigenvalue weighted by Crippen LogP contribution is -2.52. The maximum Gasteiger partial charge on any atom is 0.0496 e. The Balaban J connectivity index is 1.87. The molecule has 2 heterocycles. The summed E-state index contributed by atoms with van der Waals surface area (Å²) in [6.07, 6.45) is 3.82. The first-order chi connectivity index (χ1) is 7.67. The fourth-order valence-corrected chi connectivity index (χ4v) is 3.01. The van der Waals surface area contributed by atoms with E-state index >= 15 is 0 Å². The van der Waals surface area contributed by atoms with E-state index < -0.39 is 0 Å². The molecule has 2 rings (SSSR count). The van der Waals surface area contributed by atoms with E-state index in [2.05, 4.69) is 23.6 Å². The summed E-state index contributed by atoms with van der Waals surface area (Å²) in [7, 11) is 0. The van der Waals surface area contributed by atoms with Crippen LogP contribution in [0.2, 0.25) is 0 Å². The van der Waals surface area contributed by atoms with Crippen LogP contribution >= 0.6 is 0 Å². The van der Waals surface area contributed by atoms with Crippen molar-refractivity contribution in [3.63, 3.8) is 0 Å². The predicted octanol–water partition coefficient (Wildman–Crippen LogP) is 1.17. The molecule has 2 unspecified atom stereocenters. The van der Waals surface area contributed by atoms with Crippen molar-refractivity contribution < 1.29 is 5.11 Å². The first-order valence-corrected chi connectivity index (χ1v) is 6.74. The molecule has 94 valence electrons. The van der Waals surface area contributed by atoms with Crippen LogP contribution in [0.5, 0.6) is 0 Å². The summed E-state index contributed by atoms with van der Waals surface area (Å²) >= 11 is 0. The summed E-state index contributed by atoms with van der Waals surface area (Å²) in [5, 5.41) is 9.47. The number of hydrogen-bond acceptors (Lipinski definition) is 3. The maximum absolute atomic E-state index is 9.47. The second-order valence-electron chi connectivity index (χ2n) is 5.89. The molecule has 0 saturated carbocycles. The van der Waals surface area contributed by atoms with Crippen molar-refractivity contribution in [3.05, 3.63) is 0 Å². The molecule has 2 saturated heterocycles. The van der Waals surface area contributed by atoms with Gasteiger partial charge in [-0.1, -0.05) is 13.8 Å². The number of hydrogen-bond donors (Lipinski definition) is 1. The summed E-state index contributed by atoms with van der Waals surface area (Å²) in [6, 6.07) is 0.800. The number of rotatable bonds is 4. The Morgan fingerprint density at radius 3 is 2.81 bits per heavy atom. The Labute approximate surface area is 99.4 Å². The Morgan fingerprint density at radius 2 is 2.12 bits per heavy atom. The Hall–Kier alpha value is -0.120. The van der Waals surface area contributed by atoms with Gasteiger partial charge in [0.25, 0.3) is 0 Å². The number of fused-ring (bicyclic) bond motifs is 1. The number of nitrogens with zero attached hydrogens (tertiary/aromatic N) is 2. The average Bonchev–Trinajstić information content (AvgIpc) is 2.76. The van der Waals surface area contributed by atoms with Gasteiger partial charge in [-0.2, -0.15) is 0 Å². The van der Waals surface area contributed by atoms with E-state index in [-0.39, 0.29) is 5.41 Å². The third-order valence-electron chi connectivity index (χ3n) is 4.51. The van der Waals surface area contributed by atoms with E-state index in [0.717, 1.165) is 19.0 Å². The van der Waals surface area contributed by atoms with Crippen LogP contribution < -0.4 is 0 Å². The largest absolute Gasteiger partial charge is 0.396 e. The van der Waals surface area contributed by atoms with Crippen molar-refractivity contribution in [2.45, 2.75) is 39.2 Å². The number of piperazine rings is 1. The van der Waals surface area contributed by atoms with Gasteiger partial charge in [-0.3, -0.25) is 9.80 Å². The lowest BCUT2D eigenvalue weighted by molar-refractivity contribution is 0.0409. The maximum atomic E-state index is 9.47. The molecule has 2 aliphatic heterocycles. The van der Waals surface area contributed by atoms with Crippen LogP contribution in [-0.2, 0) is 0 Å². The molecular weight excluding hydrogens is 200 g/mol. The smallest absolute Gasteiger partial charge is 0.0496 e. The van der Waals surface area contributed by atoms with Gasteiger partial charge in [-0.15, -0.1) is 0 Å². The standard InChI is InChI=1S/C13H26N2O/c1-3-13(2,11-16)10-14-7-8-15-6-4-5-12(15)9-14/h12,16H,3-11H2,1-2H3. The highest BCUT2D eigenvalue weighted by atomic mass is 16.3. The molecule has 0 amide bonds. The molecule has 0 spiro atoms. The van der Waals surface area contributed by atoms with Crippen molar-refractivity contribution in [2.75, 3.05) is 39.3 Å². The van der Waals surface area contributed by atoms with Crippen LogP contribution in [0.4, 0.5) is 0 Å². The van der Waals surface area contributed by atoms with Gasteiger partial charge in [0, 0.05) is 44.2 Å². The monoisotopic (exact) mass is 226 g/mol. The Bertz CT molecular complexity index is 228. The quantitative estimate of drug-likeness (QED) is 0.779. The van der Waals surface area contributed by atoms with E-state index in [9.17, 15) is 5.11 Å². The summed E-state index contributed by atoms with van der Waals surface area (Å²) < 4.78 is 0. The first kappa shape index (κ1) is 12.3. The molecule has 0 bridgehead atoms. The van der Waals surface area contributed by atoms with Crippen molar-refractivity contribution in [1.82, 2.24) is 9.80 Å². The Morgan fingerprint density at radius 1 is 1.31 bits per heavy atom. The van der Waals surface area contributed by atoms with Crippen molar-refractivity contribution in [2.24, 2.45) is 5.41 Å². The van der Waals surface area contributed by atoms with Gasteiger partial charge in [0.2, 0.25) is 0 Å². The van der Waals surface area contributed by atoms with Gasteiger partial charge in [0.15, 0.2) is 0 Å². The van der Waals surface area contributed by atoms with E-state index in [1.807, 2.05) is 0 Å². The molecule has 16 heavy (non-hydrogen) atoms. The molecule has 2 aliphatic rings. The summed E-state index contributed by atoms with van der Waals surface area (Å²) in [4.78, 5) is 5.20. The van der Waals surface area contributed by atoms with Crippen LogP contribution in [0.15, 0.2) is 0 Å². The molecule has 0 aromatic carbocycles. The van der Waals surface area contributed by atoms with Crippen LogP contribution in [0.3, 0.4) is 0 Å². The lowest BCUT2D eigenvalue weighted by atomic mass is 9.87. The van der Waals surface area contributed by atoms with Crippen molar-refractivity contribution >= 4 is 0 Å². The predicted molar refractivity (Wildman–Crippen MR) is 66.5 cm³/mol. The zero-order valence-corrected chi connectivity index (χ0v) is 10.8. The van der Waals surface area contributed by atoms with E-state index in [1.54, 1.807) is 0 Å². The van der Waals surface area contributed by atoms with Gasteiger partial charge in [0.05, 0.1) is 0 Å². The van der Waals surface area contributed by atoms with Gasteiger partial charge in [-0.05, 0) is 25.8 Å². The molecule has 0 radical (unpaired) electrons. The zero-order chi connectivity index (χ0) is 11.6. The van der Waals surface area contributed by atoms with Crippen LogP contribution in [0.25, 0.3) is 0 Å². The normalized spacial score (nSPS) is 31.3. The minimum absolute atomic E-state index is 0.0980. The van der Waals surface area contributed by atoms with Crippen molar-refractivity contribution in [1.29, 1.82) is 0 Å². The summed E-state index contributed by atoms with van der Waals surface area (Å²) in [5.74, 6) is 0. The molecule has 2 atom stereocenters. The molecule has 0 aromatic rings. The fourth-order valence-electron chi connectivity index (χ4n) is 3.01. The summed E-state index contributed by atoms with van der Waals surface area (Å²) in [5.41, 5.74) is 0.0980. The molecule has 3 heteroatoms.